The lowest BCUT2D eigenvalue weighted by atomic mass is 9.96. The minimum absolute atomic E-state index is 0.262. The molecule has 0 radical (unpaired) electrons. The molecular formula is C17H28N4. The largest absolute Gasteiger partial charge is 0.370 e. The molecule has 0 aliphatic heterocycles. The summed E-state index contributed by atoms with van der Waals surface area (Å²) in [4.78, 5) is 6.75. The van der Waals surface area contributed by atoms with Gasteiger partial charge in [-0.15, -0.1) is 0 Å². The monoisotopic (exact) mass is 288 g/mol. The second-order valence-corrected chi connectivity index (χ2v) is 6.10. The fourth-order valence-electron chi connectivity index (χ4n) is 2.93. The molecule has 0 spiro atoms. The van der Waals surface area contributed by atoms with Crippen molar-refractivity contribution in [1.82, 2.24) is 10.2 Å². The third-order valence-corrected chi connectivity index (χ3v) is 4.20. The van der Waals surface area contributed by atoms with Gasteiger partial charge in [-0.2, -0.15) is 0 Å². The average molecular weight is 288 g/mol. The molecule has 1 aromatic carbocycles. The van der Waals surface area contributed by atoms with Crippen molar-refractivity contribution >= 4 is 5.96 Å². The molecule has 2 rings (SSSR count). The van der Waals surface area contributed by atoms with Crippen LogP contribution in [-0.2, 0) is 0 Å². The zero-order valence-electron chi connectivity index (χ0n) is 13.3. The molecule has 116 valence electrons. The van der Waals surface area contributed by atoms with Gasteiger partial charge in [-0.25, -0.2) is 0 Å². The van der Waals surface area contributed by atoms with Crippen molar-refractivity contribution < 1.29 is 0 Å². The van der Waals surface area contributed by atoms with Gasteiger partial charge in [0.2, 0.25) is 0 Å². The zero-order valence-corrected chi connectivity index (χ0v) is 13.3. The molecule has 0 amide bonds. The highest BCUT2D eigenvalue weighted by Gasteiger charge is 2.15. The van der Waals surface area contributed by atoms with E-state index in [0.29, 0.717) is 18.5 Å². The second kappa shape index (κ2) is 8.03. The summed E-state index contributed by atoms with van der Waals surface area (Å²) in [5, 5.41) is 3.37. The maximum atomic E-state index is 6.05. The van der Waals surface area contributed by atoms with Crippen molar-refractivity contribution in [3.05, 3.63) is 35.9 Å². The smallest absolute Gasteiger partial charge is 0.188 e. The highest BCUT2D eigenvalue weighted by atomic mass is 15.2. The SMILES string of the molecule is CN(C)C(CN=C(N)NC1CCCCC1)c1ccccc1. The molecule has 0 heterocycles. The highest BCUT2D eigenvalue weighted by Crippen LogP contribution is 2.19. The first kappa shape index (κ1) is 15.8. The predicted molar refractivity (Wildman–Crippen MR) is 89.4 cm³/mol. The van der Waals surface area contributed by atoms with Crippen molar-refractivity contribution in [3.8, 4) is 0 Å². The number of nitrogens with two attached hydrogens (primary N) is 1. The summed E-state index contributed by atoms with van der Waals surface area (Å²) >= 11 is 0. The number of guanidine groups is 1. The van der Waals surface area contributed by atoms with Gasteiger partial charge in [0.05, 0.1) is 12.6 Å². The molecule has 0 saturated heterocycles. The molecule has 1 aliphatic rings. The van der Waals surface area contributed by atoms with E-state index in [1.165, 1.54) is 37.7 Å². The van der Waals surface area contributed by atoms with Crippen molar-refractivity contribution in [3.63, 3.8) is 0 Å². The molecule has 1 aliphatic carbocycles. The summed E-state index contributed by atoms with van der Waals surface area (Å²) in [6.45, 7) is 0.683. The Morgan fingerprint density at radius 2 is 1.90 bits per heavy atom. The number of rotatable bonds is 5. The quantitative estimate of drug-likeness (QED) is 0.646. The molecule has 0 bridgehead atoms. The van der Waals surface area contributed by atoms with Gasteiger partial charge in [0.15, 0.2) is 5.96 Å². The first-order valence-corrected chi connectivity index (χ1v) is 7.94. The number of hydrogen-bond acceptors (Lipinski definition) is 2. The Morgan fingerprint density at radius 3 is 2.52 bits per heavy atom. The number of likely N-dealkylation sites (N-methyl/N-ethyl adjacent to an activating group) is 1. The molecule has 4 heteroatoms. The zero-order chi connectivity index (χ0) is 15.1. The molecule has 4 nitrogen and oxygen atoms in total. The maximum Gasteiger partial charge on any atom is 0.188 e. The van der Waals surface area contributed by atoms with Gasteiger partial charge in [-0.1, -0.05) is 49.6 Å². The molecule has 1 fully saturated rings. The van der Waals surface area contributed by atoms with Gasteiger partial charge in [-0.3, -0.25) is 4.99 Å². The number of aliphatic imine (C=N–C) groups is 1. The molecule has 1 saturated carbocycles. The van der Waals surface area contributed by atoms with Crippen molar-refractivity contribution in [2.75, 3.05) is 20.6 Å². The van der Waals surface area contributed by atoms with Crippen LogP contribution in [0.2, 0.25) is 0 Å². The summed E-state index contributed by atoms with van der Waals surface area (Å²) in [6.07, 6.45) is 6.38. The Labute approximate surface area is 128 Å². The number of benzene rings is 1. The minimum Gasteiger partial charge on any atom is -0.370 e. The van der Waals surface area contributed by atoms with Crippen LogP contribution >= 0.6 is 0 Å². The minimum atomic E-state index is 0.262. The van der Waals surface area contributed by atoms with E-state index in [-0.39, 0.29) is 6.04 Å². The van der Waals surface area contributed by atoms with E-state index in [2.05, 4.69) is 53.6 Å². The lowest BCUT2D eigenvalue weighted by Gasteiger charge is -2.25. The van der Waals surface area contributed by atoms with Gasteiger partial charge in [-0.05, 0) is 32.5 Å². The van der Waals surface area contributed by atoms with E-state index in [4.69, 9.17) is 5.73 Å². The highest BCUT2D eigenvalue weighted by molar-refractivity contribution is 5.78. The summed E-state index contributed by atoms with van der Waals surface area (Å²) in [5.41, 5.74) is 7.33. The van der Waals surface area contributed by atoms with E-state index < -0.39 is 0 Å². The summed E-state index contributed by atoms with van der Waals surface area (Å²) in [5.74, 6) is 0.588. The van der Waals surface area contributed by atoms with Gasteiger partial charge < -0.3 is 16.0 Å². The van der Waals surface area contributed by atoms with Gasteiger partial charge >= 0.3 is 0 Å². The van der Waals surface area contributed by atoms with Crippen LogP contribution in [0.4, 0.5) is 0 Å². The van der Waals surface area contributed by atoms with Gasteiger partial charge in [0.25, 0.3) is 0 Å². The van der Waals surface area contributed by atoms with Crippen LogP contribution in [0.15, 0.2) is 35.3 Å². The first-order chi connectivity index (χ1) is 10.2. The Kier molecular flexibility index (Phi) is 6.05. The predicted octanol–water partition coefficient (Wildman–Crippen LogP) is 2.53. The van der Waals surface area contributed by atoms with E-state index in [1.54, 1.807) is 0 Å². The van der Waals surface area contributed by atoms with Crippen molar-refractivity contribution in [2.45, 2.75) is 44.2 Å². The Morgan fingerprint density at radius 1 is 1.24 bits per heavy atom. The third kappa shape index (κ3) is 5.05. The first-order valence-electron chi connectivity index (χ1n) is 7.94. The number of hydrogen-bond donors (Lipinski definition) is 2. The van der Waals surface area contributed by atoms with E-state index in [1.807, 2.05) is 6.07 Å². The van der Waals surface area contributed by atoms with Crippen LogP contribution in [0.3, 0.4) is 0 Å². The van der Waals surface area contributed by atoms with Crippen LogP contribution < -0.4 is 11.1 Å². The van der Waals surface area contributed by atoms with Crippen molar-refractivity contribution in [2.24, 2.45) is 10.7 Å². The summed E-state index contributed by atoms with van der Waals surface area (Å²) in [6, 6.07) is 11.2. The maximum absolute atomic E-state index is 6.05. The van der Waals surface area contributed by atoms with Crippen LogP contribution in [0, 0.1) is 0 Å². The average Bonchev–Trinajstić information content (AvgIpc) is 2.49. The van der Waals surface area contributed by atoms with Gasteiger partial charge in [0, 0.05) is 6.04 Å². The van der Waals surface area contributed by atoms with Crippen LogP contribution in [0.5, 0.6) is 0 Å². The molecular weight excluding hydrogens is 260 g/mol. The Balaban J connectivity index is 1.92. The Hall–Kier alpha value is -1.55. The lowest BCUT2D eigenvalue weighted by Crippen LogP contribution is -2.41. The topological polar surface area (TPSA) is 53.6 Å². The van der Waals surface area contributed by atoms with Crippen LogP contribution in [0.1, 0.15) is 43.7 Å². The summed E-state index contributed by atoms with van der Waals surface area (Å²) < 4.78 is 0. The summed E-state index contributed by atoms with van der Waals surface area (Å²) in [7, 11) is 4.16. The molecule has 21 heavy (non-hydrogen) atoms. The number of nitrogens with zero attached hydrogens (tertiary/aromatic N) is 2. The molecule has 0 aromatic heterocycles. The molecule has 3 N–H and O–H groups in total. The second-order valence-electron chi connectivity index (χ2n) is 6.10. The Bertz CT molecular complexity index is 435. The van der Waals surface area contributed by atoms with E-state index in [9.17, 15) is 0 Å². The standard InChI is InChI=1S/C17H28N4/c1-21(2)16(14-9-5-3-6-10-14)13-19-17(18)20-15-11-7-4-8-12-15/h3,5-6,9-10,15-16H,4,7-8,11-13H2,1-2H3,(H3,18,19,20). The fourth-order valence-corrected chi connectivity index (χ4v) is 2.93. The third-order valence-electron chi connectivity index (χ3n) is 4.20. The van der Waals surface area contributed by atoms with Crippen LogP contribution in [-0.4, -0.2) is 37.5 Å². The lowest BCUT2D eigenvalue weighted by molar-refractivity contribution is 0.306. The molecule has 1 aromatic rings. The normalized spacial score (nSPS) is 18.7. The van der Waals surface area contributed by atoms with Crippen LogP contribution in [0.25, 0.3) is 0 Å². The van der Waals surface area contributed by atoms with Crippen molar-refractivity contribution in [1.29, 1.82) is 0 Å². The fraction of sp³-hybridized carbons (Fsp3) is 0.588. The molecule has 1 atom stereocenters. The van der Waals surface area contributed by atoms with Gasteiger partial charge in [0.1, 0.15) is 0 Å². The molecule has 1 unspecified atom stereocenters. The van der Waals surface area contributed by atoms with E-state index in [0.717, 1.165) is 0 Å². The number of nitrogens with one attached hydrogen (secondary N) is 1. The van der Waals surface area contributed by atoms with E-state index >= 15 is 0 Å².